The summed E-state index contributed by atoms with van der Waals surface area (Å²) in [6.07, 6.45) is 8.04. The summed E-state index contributed by atoms with van der Waals surface area (Å²) in [6.45, 7) is 7.98. The Labute approximate surface area is 155 Å². The largest absolute Gasteiger partial charge is 0.393 e. The number of unbranched alkanes of at least 4 members (excludes halogenated alkanes) is 4. The second kappa shape index (κ2) is 15.5. The molecule has 0 aromatic rings. The van der Waals surface area contributed by atoms with Gasteiger partial charge in [-0.2, -0.15) is 0 Å². The first kappa shape index (κ1) is 24.3. The van der Waals surface area contributed by atoms with E-state index in [0.717, 1.165) is 22.7 Å². The summed E-state index contributed by atoms with van der Waals surface area (Å²) in [4.78, 5) is 4.66. The fraction of sp³-hybridized carbons (Fsp3) is 1.00. The molecule has 0 aliphatic carbocycles. The van der Waals surface area contributed by atoms with Crippen LogP contribution in [0.2, 0.25) is 11.6 Å². The lowest BCUT2D eigenvalue weighted by molar-refractivity contribution is 0.200. The maximum absolute atomic E-state index is 5.79. The molecular weight excluding hydrogens is 332 g/mol. The van der Waals surface area contributed by atoms with Gasteiger partial charge in [0.25, 0.3) is 0 Å². The quantitative estimate of drug-likeness (QED) is 0.233. The van der Waals surface area contributed by atoms with E-state index in [-0.39, 0.29) is 0 Å². The van der Waals surface area contributed by atoms with Gasteiger partial charge < -0.3 is 8.85 Å². The van der Waals surface area contributed by atoms with Gasteiger partial charge in [0, 0.05) is 24.5 Å². The second-order valence-corrected chi connectivity index (χ2v) is 10.5. The average Bonchev–Trinajstić information content (AvgIpc) is 2.52. The van der Waals surface area contributed by atoms with E-state index >= 15 is 0 Å². The molecule has 0 fully saturated rings. The van der Waals surface area contributed by atoms with E-state index < -0.39 is 9.28 Å². The van der Waals surface area contributed by atoms with Gasteiger partial charge in [-0.05, 0) is 48.5 Å². The SMILES string of the molecule is CCO[Si](OCC)C(C)CCCCCCC[Si]C(N(C)C)N(C)C. The van der Waals surface area contributed by atoms with Gasteiger partial charge in [0.15, 0.2) is 0 Å². The third-order valence-electron chi connectivity index (χ3n) is 4.09. The zero-order valence-corrected chi connectivity index (χ0v) is 19.2. The van der Waals surface area contributed by atoms with Crippen LogP contribution >= 0.6 is 0 Å². The minimum Gasteiger partial charge on any atom is -0.393 e. The van der Waals surface area contributed by atoms with Crippen molar-refractivity contribution in [3.05, 3.63) is 0 Å². The highest BCUT2D eigenvalue weighted by Crippen LogP contribution is 2.21. The molecule has 0 spiro atoms. The summed E-state index contributed by atoms with van der Waals surface area (Å²) in [7, 11) is 8.67. The molecule has 24 heavy (non-hydrogen) atoms. The van der Waals surface area contributed by atoms with Gasteiger partial charge >= 0.3 is 9.28 Å². The lowest BCUT2D eigenvalue weighted by Crippen LogP contribution is -2.44. The minimum atomic E-state index is -1.06. The smallest absolute Gasteiger partial charge is 0.387 e. The summed E-state index contributed by atoms with van der Waals surface area (Å²) in [5.74, 6) is 0.601. The fourth-order valence-corrected chi connectivity index (χ4v) is 6.00. The van der Waals surface area contributed by atoms with Crippen LogP contribution in [0.4, 0.5) is 0 Å². The number of hydrogen-bond donors (Lipinski definition) is 0. The van der Waals surface area contributed by atoms with E-state index in [9.17, 15) is 0 Å². The van der Waals surface area contributed by atoms with E-state index in [1.54, 1.807) is 0 Å². The highest BCUT2D eigenvalue weighted by Gasteiger charge is 2.23. The highest BCUT2D eigenvalue weighted by molar-refractivity contribution is 6.46. The van der Waals surface area contributed by atoms with Crippen molar-refractivity contribution in [2.45, 2.75) is 76.7 Å². The molecular formula is C18H41N2O2Si2. The molecule has 0 bridgehead atoms. The third kappa shape index (κ3) is 11.8. The molecule has 1 atom stereocenters. The van der Waals surface area contributed by atoms with Crippen molar-refractivity contribution in [3.63, 3.8) is 0 Å². The van der Waals surface area contributed by atoms with Crippen LogP contribution in [-0.2, 0) is 8.85 Å². The third-order valence-corrected chi connectivity index (χ3v) is 8.37. The second-order valence-electron chi connectivity index (χ2n) is 6.90. The zero-order chi connectivity index (χ0) is 18.4. The van der Waals surface area contributed by atoms with Crippen LogP contribution in [0, 0.1) is 0 Å². The van der Waals surface area contributed by atoms with Gasteiger partial charge in [0.1, 0.15) is 0 Å². The van der Waals surface area contributed by atoms with Crippen molar-refractivity contribution in [1.82, 2.24) is 9.80 Å². The number of rotatable bonds is 16. The lowest BCUT2D eigenvalue weighted by Gasteiger charge is -2.30. The van der Waals surface area contributed by atoms with Gasteiger partial charge in [-0.3, -0.25) is 9.80 Å². The van der Waals surface area contributed by atoms with Crippen LogP contribution in [0.3, 0.4) is 0 Å². The molecule has 1 unspecified atom stereocenters. The molecule has 0 aliphatic heterocycles. The standard InChI is InChI=1S/C18H41N2O2Si2/c1-8-21-24(22-9-2)17(3)15-13-11-10-12-14-16-23-18(19(4)5)20(6)7/h17-18H,8-16H2,1-7H3. The van der Waals surface area contributed by atoms with Crippen molar-refractivity contribution >= 4 is 18.8 Å². The van der Waals surface area contributed by atoms with Crippen LogP contribution in [0.1, 0.15) is 59.3 Å². The molecule has 0 heterocycles. The number of nitrogens with zero attached hydrogens (tertiary/aromatic N) is 2. The average molecular weight is 374 g/mol. The molecule has 0 aliphatic rings. The van der Waals surface area contributed by atoms with Crippen LogP contribution < -0.4 is 0 Å². The van der Waals surface area contributed by atoms with E-state index in [2.05, 4.69) is 58.8 Å². The summed E-state index contributed by atoms with van der Waals surface area (Å²) in [5, 5.41) is 0. The first-order chi connectivity index (χ1) is 11.4. The Balaban J connectivity index is 3.66. The summed E-state index contributed by atoms with van der Waals surface area (Å²) >= 11 is 0. The summed E-state index contributed by atoms with van der Waals surface area (Å²) < 4.78 is 11.6. The van der Waals surface area contributed by atoms with Crippen molar-refractivity contribution in [2.75, 3.05) is 41.4 Å². The predicted octanol–water partition coefficient (Wildman–Crippen LogP) is 3.81. The van der Waals surface area contributed by atoms with Crippen LogP contribution in [0.15, 0.2) is 0 Å². The van der Waals surface area contributed by atoms with Crippen molar-refractivity contribution in [1.29, 1.82) is 0 Å². The Hall–Kier alpha value is 0.274. The topological polar surface area (TPSA) is 24.9 Å². The zero-order valence-electron chi connectivity index (χ0n) is 17.2. The van der Waals surface area contributed by atoms with Crippen molar-refractivity contribution in [2.24, 2.45) is 0 Å². The van der Waals surface area contributed by atoms with E-state index in [0.29, 0.717) is 11.3 Å². The maximum Gasteiger partial charge on any atom is 0.387 e. The first-order valence-corrected chi connectivity index (χ1v) is 12.3. The molecule has 0 saturated heterocycles. The summed E-state index contributed by atoms with van der Waals surface area (Å²) in [6, 6.07) is 1.36. The van der Waals surface area contributed by atoms with E-state index in [4.69, 9.17) is 8.85 Å². The van der Waals surface area contributed by atoms with Crippen molar-refractivity contribution in [3.8, 4) is 0 Å². The molecule has 0 saturated carbocycles. The molecule has 3 radical (unpaired) electrons. The van der Waals surface area contributed by atoms with Gasteiger partial charge in [-0.15, -0.1) is 0 Å². The Kier molecular flexibility index (Phi) is 15.7. The minimum absolute atomic E-state index is 0.595. The number of hydrogen-bond acceptors (Lipinski definition) is 4. The molecule has 6 heteroatoms. The van der Waals surface area contributed by atoms with Gasteiger partial charge in [0.05, 0.1) is 9.52 Å². The van der Waals surface area contributed by atoms with Gasteiger partial charge in [-0.1, -0.05) is 45.1 Å². The summed E-state index contributed by atoms with van der Waals surface area (Å²) in [5.41, 5.74) is 0.595. The first-order valence-electron chi connectivity index (χ1n) is 9.62. The molecule has 143 valence electrons. The predicted molar refractivity (Wildman–Crippen MR) is 108 cm³/mol. The van der Waals surface area contributed by atoms with E-state index in [1.165, 1.54) is 44.6 Å². The Morgan fingerprint density at radius 1 is 0.833 bits per heavy atom. The molecule has 4 nitrogen and oxygen atoms in total. The van der Waals surface area contributed by atoms with Crippen molar-refractivity contribution < 1.29 is 8.85 Å². The molecule has 0 N–H and O–H groups in total. The molecule has 0 aromatic heterocycles. The highest BCUT2D eigenvalue weighted by atomic mass is 28.3. The lowest BCUT2D eigenvalue weighted by atomic mass is 10.1. The monoisotopic (exact) mass is 373 g/mol. The van der Waals surface area contributed by atoms with Gasteiger partial charge in [-0.25, -0.2) is 0 Å². The van der Waals surface area contributed by atoms with Crippen LogP contribution in [0.5, 0.6) is 0 Å². The Bertz CT molecular complexity index is 268. The van der Waals surface area contributed by atoms with E-state index in [1.807, 2.05) is 0 Å². The Morgan fingerprint density at radius 3 is 1.83 bits per heavy atom. The molecule has 0 amide bonds. The fourth-order valence-electron chi connectivity index (χ4n) is 2.89. The molecule has 0 aromatic carbocycles. The van der Waals surface area contributed by atoms with Gasteiger partial charge in [0.2, 0.25) is 0 Å². The Morgan fingerprint density at radius 2 is 1.33 bits per heavy atom. The van der Waals surface area contributed by atoms with Crippen LogP contribution in [-0.4, -0.2) is 75.8 Å². The normalized spacial score (nSPS) is 13.6. The van der Waals surface area contributed by atoms with Crippen LogP contribution in [0.25, 0.3) is 0 Å². The molecule has 0 rings (SSSR count). The maximum atomic E-state index is 5.79.